The second kappa shape index (κ2) is 53.2. The highest BCUT2D eigenvalue weighted by Gasteiger charge is 2.40. The quantitative estimate of drug-likeness (QED) is 0.0158. The minimum atomic E-state index is -1.23. The molecule has 5 rings (SSSR count). The summed E-state index contributed by atoms with van der Waals surface area (Å²) in [5.74, 6) is 0.0736. The molecular weight excluding hydrogens is 1400 g/mol. The lowest BCUT2D eigenvalue weighted by molar-refractivity contribution is -0.393. The van der Waals surface area contributed by atoms with Crippen LogP contribution in [0.25, 0.3) is 0 Å². The fourth-order valence-electron chi connectivity index (χ4n) is 9.44. The SMILES string of the molecule is COc1cc(N[C@@H]2CO[C@H](COCCOCCOCCOCCNC(=O)CCOCC(COCCC(=O)NCCOCCOCCOCCOC[C@H]3OC[C@@H](Nc4cc(OC)nc(OC)n4)[C@@H](O)[C@H]3O)NC(=O)COCCOCCOCCNc3ccc([N+](=O)[O-])cc3[N+](=O)[O-])[C@H](O)[C@@H]2O)nc(OC)n1. The highest BCUT2D eigenvalue weighted by molar-refractivity contribution is 5.77. The lowest BCUT2D eigenvalue weighted by Crippen LogP contribution is -2.57. The van der Waals surface area contributed by atoms with E-state index in [0.717, 1.165) is 12.1 Å². The Morgan fingerprint density at radius 1 is 0.476 bits per heavy atom. The van der Waals surface area contributed by atoms with E-state index >= 15 is 0 Å². The van der Waals surface area contributed by atoms with Crippen molar-refractivity contribution in [2.75, 3.05) is 249 Å². The fraction of sp³-hybridized carbons (Fsp3) is 0.730. The average molecular weight is 1510 g/mol. The Labute approximate surface area is 606 Å². The van der Waals surface area contributed by atoms with E-state index in [-0.39, 0.29) is 232 Å². The molecule has 0 bridgehead atoms. The topological polar surface area (TPSA) is 518 Å². The van der Waals surface area contributed by atoms with Crippen molar-refractivity contribution in [3.63, 3.8) is 0 Å². The molecule has 2 saturated heterocycles. The Morgan fingerprint density at radius 2 is 0.876 bits per heavy atom. The number of nitrogens with one attached hydrogen (secondary N) is 6. The largest absolute Gasteiger partial charge is 0.481 e. The summed E-state index contributed by atoms with van der Waals surface area (Å²) in [5.41, 5.74) is -0.733. The van der Waals surface area contributed by atoms with Gasteiger partial charge in [0.25, 0.3) is 11.4 Å². The number of non-ortho nitro benzene ring substituents is 1. The van der Waals surface area contributed by atoms with Gasteiger partial charge in [-0.1, -0.05) is 0 Å². The summed E-state index contributed by atoms with van der Waals surface area (Å²) in [6.45, 7) is 4.90. The third kappa shape index (κ3) is 36.5. The first-order chi connectivity index (χ1) is 51.0. The van der Waals surface area contributed by atoms with Gasteiger partial charge in [0.15, 0.2) is 0 Å². The number of hydrogen-bond acceptors (Lipinski definition) is 37. The van der Waals surface area contributed by atoms with E-state index < -0.39 is 81.9 Å². The lowest BCUT2D eigenvalue weighted by Gasteiger charge is -2.38. The second-order valence-electron chi connectivity index (χ2n) is 22.6. The number of aromatic nitrogens is 4. The van der Waals surface area contributed by atoms with E-state index in [1.165, 1.54) is 46.6 Å². The summed E-state index contributed by atoms with van der Waals surface area (Å²) in [7, 11) is 5.71. The van der Waals surface area contributed by atoms with Crippen LogP contribution >= 0.6 is 0 Å². The van der Waals surface area contributed by atoms with Gasteiger partial charge in [-0.25, -0.2) is 0 Å². The molecule has 594 valence electrons. The number of ether oxygens (including phenoxy) is 19. The highest BCUT2D eigenvalue weighted by atomic mass is 16.6. The van der Waals surface area contributed by atoms with Crippen LogP contribution < -0.4 is 50.8 Å². The normalized spacial score (nSPS) is 18.6. The van der Waals surface area contributed by atoms with E-state index in [9.17, 15) is 55.0 Å². The molecular formula is C63H102N12O30. The second-order valence-corrected chi connectivity index (χ2v) is 22.6. The number of amides is 3. The molecule has 0 saturated carbocycles. The van der Waals surface area contributed by atoms with Gasteiger partial charge in [-0.15, -0.1) is 0 Å². The van der Waals surface area contributed by atoms with Gasteiger partial charge in [-0.05, 0) is 6.07 Å². The average Bonchev–Trinajstić information content (AvgIpc) is 0.834. The predicted octanol–water partition coefficient (Wildman–Crippen LogP) is -2.55. The number of carbonyl (C=O) groups is 3. The van der Waals surface area contributed by atoms with E-state index in [2.05, 4.69) is 51.8 Å². The number of aliphatic hydroxyl groups excluding tert-OH is 4. The van der Waals surface area contributed by atoms with E-state index in [1.54, 1.807) is 0 Å². The predicted molar refractivity (Wildman–Crippen MR) is 365 cm³/mol. The number of benzene rings is 1. The van der Waals surface area contributed by atoms with Crippen LogP contribution in [0.3, 0.4) is 0 Å². The van der Waals surface area contributed by atoms with Crippen LogP contribution in [0, 0.1) is 20.2 Å². The first-order valence-electron chi connectivity index (χ1n) is 33.9. The van der Waals surface area contributed by atoms with Crippen LogP contribution in [0.1, 0.15) is 12.8 Å². The van der Waals surface area contributed by atoms with Gasteiger partial charge < -0.3 is 142 Å². The molecule has 0 aliphatic carbocycles. The Bertz CT molecular complexity index is 2750. The number of aliphatic hydroxyl groups is 4. The van der Waals surface area contributed by atoms with Crippen molar-refractivity contribution in [2.45, 2.75) is 67.6 Å². The summed E-state index contributed by atoms with van der Waals surface area (Å²) in [6.07, 6.45) is -6.33. The number of nitro groups is 2. The maximum absolute atomic E-state index is 12.9. The molecule has 3 aromatic rings. The number of nitrogens with zero attached hydrogens (tertiary/aromatic N) is 6. The molecule has 0 unspecified atom stereocenters. The number of rotatable bonds is 61. The number of carbonyl (C=O) groups excluding carboxylic acids is 3. The van der Waals surface area contributed by atoms with Crippen LogP contribution in [0.15, 0.2) is 30.3 Å². The molecule has 42 nitrogen and oxygen atoms in total. The molecule has 42 heteroatoms. The van der Waals surface area contributed by atoms with Gasteiger partial charge in [0.05, 0.1) is 241 Å². The molecule has 1 aromatic carbocycles. The van der Waals surface area contributed by atoms with Crippen LogP contribution in [0.5, 0.6) is 23.8 Å². The first kappa shape index (κ1) is 88.1. The molecule has 4 heterocycles. The van der Waals surface area contributed by atoms with Gasteiger partial charge in [0, 0.05) is 50.7 Å². The van der Waals surface area contributed by atoms with Crippen molar-refractivity contribution >= 4 is 46.4 Å². The summed E-state index contributed by atoms with van der Waals surface area (Å²) in [5, 5.41) is 82.3. The van der Waals surface area contributed by atoms with Gasteiger partial charge in [0.1, 0.15) is 60.6 Å². The monoisotopic (exact) mass is 1510 g/mol. The molecule has 2 aliphatic heterocycles. The molecule has 105 heavy (non-hydrogen) atoms. The third-order valence-electron chi connectivity index (χ3n) is 14.9. The maximum Gasteiger partial charge on any atom is 0.321 e. The fourth-order valence-corrected chi connectivity index (χ4v) is 9.44. The molecule has 2 aromatic heterocycles. The molecule has 3 amide bonds. The van der Waals surface area contributed by atoms with Gasteiger partial charge in [-0.3, -0.25) is 34.6 Å². The molecule has 8 atom stereocenters. The number of methoxy groups -OCH3 is 4. The van der Waals surface area contributed by atoms with Gasteiger partial charge >= 0.3 is 12.0 Å². The van der Waals surface area contributed by atoms with Crippen molar-refractivity contribution in [2.24, 2.45) is 0 Å². The van der Waals surface area contributed by atoms with Crippen molar-refractivity contribution in [1.29, 1.82) is 0 Å². The van der Waals surface area contributed by atoms with Crippen LogP contribution in [0.4, 0.5) is 28.7 Å². The molecule has 10 N–H and O–H groups in total. The van der Waals surface area contributed by atoms with Crippen molar-refractivity contribution < 1.29 is 135 Å². The van der Waals surface area contributed by atoms with E-state index in [4.69, 9.17) is 90.0 Å². The Kier molecular flexibility index (Phi) is 44.7. The van der Waals surface area contributed by atoms with Crippen LogP contribution in [-0.4, -0.2) is 356 Å². The minimum absolute atomic E-state index is 0.0103. The van der Waals surface area contributed by atoms with Gasteiger partial charge in [0.2, 0.25) is 29.5 Å². The summed E-state index contributed by atoms with van der Waals surface area (Å²) >= 11 is 0. The third-order valence-corrected chi connectivity index (χ3v) is 14.9. The van der Waals surface area contributed by atoms with Crippen molar-refractivity contribution in [3.05, 3.63) is 50.6 Å². The Morgan fingerprint density at radius 3 is 1.28 bits per heavy atom. The Balaban J connectivity index is 0.857. The van der Waals surface area contributed by atoms with Gasteiger partial charge in [-0.2, -0.15) is 19.9 Å². The highest BCUT2D eigenvalue weighted by Crippen LogP contribution is 2.29. The van der Waals surface area contributed by atoms with Crippen molar-refractivity contribution in [1.82, 2.24) is 35.9 Å². The number of hydrogen-bond donors (Lipinski definition) is 10. The summed E-state index contributed by atoms with van der Waals surface area (Å²) < 4.78 is 104. The smallest absolute Gasteiger partial charge is 0.321 e. The van der Waals surface area contributed by atoms with E-state index in [0.29, 0.717) is 38.1 Å². The summed E-state index contributed by atoms with van der Waals surface area (Å²) in [6, 6.07) is 4.43. The zero-order valence-electron chi connectivity index (χ0n) is 59.5. The zero-order valence-corrected chi connectivity index (χ0v) is 59.5. The van der Waals surface area contributed by atoms with Crippen molar-refractivity contribution in [3.8, 4) is 23.8 Å². The standard InChI is InChI=1S/C63H102N12O30/c1-87-56-34-51(70-62(72-56)89-3)68-46-38-104-49(60(81)58(46)79)40-101-30-27-97-25-23-94-20-18-92-15-10-65-53(76)7-12-99-36-43(67-55(78)42-103-32-29-96-22-17-91-14-9-64-45-6-5-44(74(83)84)33-48(45)75(85)86)37-100-13-8-54(77)66-11-16-93-19-21-95-24-26-98-28-31-102-41-50-61(82)59(80)47(39-105-50)69-52-35-57(88-2)73-63(71-52)90-4/h5-6,33-35,43,46-47,49-50,58-61,64,79-82H,7-32,36-42H2,1-4H3,(H,65,76)(H,66,77)(H,67,78)(H,68,70,72)(H,69,71,73)/t46-,47-,49-,50-,58-,59-,60+,61+/m1/s1. The Hall–Kier alpha value is -7.57. The van der Waals surface area contributed by atoms with Crippen LogP contribution in [-0.2, 0) is 85.4 Å². The minimum Gasteiger partial charge on any atom is -0.481 e. The van der Waals surface area contributed by atoms with Crippen LogP contribution in [0.2, 0.25) is 0 Å². The molecule has 0 radical (unpaired) electrons. The first-order valence-corrected chi connectivity index (χ1v) is 33.9. The molecule has 0 spiro atoms. The maximum atomic E-state index is 12.9. The molecule has 2 aliphatic rings. The lowest BCUT2D eigenvalue weighted by atomic mass is 9.98. The number of nitro benzene ring substituents is 2. The zero-order chi connectivity index (χ0) is 75.7. The summed E-state index contributed by atoms with van der Waals surface area (Å²) in [4.78, 5) is 75.4. The van der Waals surface area contributed by atoms with E-state index in [1.807, 2.05) is 0 Å². The molecule has 2 fully saturated rings. The number of anilines is 3.